The molecule has 1 aromatic heterocycles. The van der Waals surface area contributed by atoms with Gasteiger partial charge in [-0.1, -0.05) is 11.6 Å². The summed E-state index contributed by atoms with van der Waals surface area (Å²) in [6.07, 6.45) is 1.54. The van der Waals surface area contributed by atoms with E-state index < -0.39 is 0 Å². The van der Waals surface area contributed by atoms with E-state index in [0.717, 1.165) is 22.4 Å². The Kier molecular flexibility index (Phi) is 5.70. The van der Waals surface area contributed by atoms with Crippen LogP contribution in [0.25, 0.3) is 10.9 Å². The molecule has 0 amide bonds. The van der Waals surface area contributed by atoms with Crippen LogP contribution in [0.15, 0.2) is 42.7 Å². The monoisotopic (exact) mass is 365 g/mol. The van der Waals surface area contributed by atoms with Crippen molar-refractivity contribution < 1.29 is 9.47 Å². The SMILES string of the molecule is COc1cc2ncnc(N(C)c3ccc(Cl)cc3)c2cc1OC.Cl. The molecule has 2 aromatic carbocycles. The molecule has 126 valence electrons. The molecule has 1 heterocycles. The van der Waals surface area contributed by atoms with E-state index in [4.69, 9.17) is 21.1 Å². The number of rotatable bonds is 4. The van der Waals surface area contributed by atoms with Gasteiger partial charge < -0.3 is 14.4 Å². The molecular weight excluding hydrogens is 349 g/mol. The first-order chi connectivity index (χ1) is 11.1. The number of nitrogens with zero attached hydrogens (tertiary/aromatic N) is 3. The van der Waals surface area contributed by atoms with Crippen LogP contribution in [0.4, 0.5) is 11.5 Å². The van der Waals surface area contributed by atoms with Gasteiger partial charge in [-0.3, -0.25) is 0 Å². The van der Waals surface area contributed by atoms with E-state index in [1.54, 1.807) is 14.2 Å². The van der Waals surface area contributed by atoms with E-state index in [1.165, 1.54) is 6.33 Å². The van der Waals surface area contributed by atoms with Crippen LogP contribution >= 0.6 is 24.0 Å². The van der Waals surface area contributed by atoms with Gasteiger partial charge in [0.15, 0.2) is 11.5 Å². The Morgan fingerprint density at radius 3 is 2.21 bits per heavy atom. The van der Waals surface area contributed by atoms with E-state index in [2.05, 4.69) is 9.97 Å². The van der Waals surface area contributed by atoms with Gasteiger partial charge in [-0.05, 0) is 30.3 Å². The first-order valence-corrected chi connectivity index (χ1v) is 7.38. The van der Waals surface area contributed by atoms with Gasteiger partial charge in [-0.2, -0.15) is 0 Å². The molecule has 0 unspecified atom stereocenters. The van der Waals surface area contributed by atoms with Crippen molar-refractivity contribution in [1.29, 1.82) is 0 Å². The van der Waals surface area contributed by atoms with E-state index >= 15 is 0 Å². The van der Waals surface area contributed by atoms with Crippen molar-refractivity contribution in [2.45, 2.75) is 0 Å². The first kappa shape index (κ1) is 18.1. The smallest absolute Gasteiger partial charge is 0.162 e. The minimum absolute atomic E-state index is 0. The maximum Gasteiger partial charge on any atom is 0.162 e. The number of benzene rings is 2. The van der Waals surface area contributed by atoms with Crippen molar-refractivity contribution in [3.8, 4) is 11.5 Å². The predicted molar refractivity (Wildman–Crippen MR) is 99.4 cm³/mol. The van der Waals surface area contributed by atoms with E-state index in [9.17, 15) is 0 Å². The van der Waals surface area contributed by atoms with Gasteiger partial charge in [-0.15, -0.1) is 12.4 Å². The van der Waals surface area contributed by atoms with Crippen molar-refractivity contribution in [3.05, 3.63) is 47.7 Å². The van der Waals surface area contributed by atoms with Crippen molar-refractivity contribution in [2.75, 3.05) is 26.2 Å². The second-order valence-corrected chi connectivity index (χ2v) is 5.39. The molecule has 0 bridgehead atoms. The zero-order chi connectivity index (χ0) is 16.4. The normalized spacial score (nSPS) is 10.2. The molecule has 0 saturated heterocycles. The third-order valence-corrected chi connectivity index (χ3v) is 3.90. The van der Waals surface area contributed by atoms with Crippen molar-refractivity contribution in [1.82, 2.24) is 9.97 Å². The zero-order valence-corrected chi connectivity index (χ0v) is 15.1. The molecule has 0 aliphatic rings. The number of halogens is 2. The van der Waals surface area contributed by atoms with Gasteiger partial charge >= 0.3 is 0 Å². The molecular formula is C17H17Cl2N3O2. The average Bonchev–Trinajstić information content (AvgIpc) is 2.60. The summed E-state index contributed by atoms with van der Waals surface area (Å²) in [6.45, 7) is 0. The summed E-state index contributed by atoms with van der Waals surface area (Å²) < 4.78 is 10.7. The van der Waals surface area contributed by atoms with Crippen LogP contribution in [0.5, 0.6) is 11.5 Å². The van der Waals surface area contributed by atoms with E-state index in [0.29, 0.717) is 16.5 Å². The fourth-order valence-corrected chi connectivity index (χ4v) is 2.55. The average molecular weight is 366 g/mol. The molecule has 5 nitrogen and oxygen atoms in total. The lowest BCUT2D eigenvalue weighted by molar-refractivity contribution is 0.356. The van der Waals surface area contributed by atoms with Gasteiger partial charge in [0.2, 0.25) is 0 Å². The van der Waals surface area contributed by atoms with Gasteiger partial charge in [0.25, 0.3) is 0 Å². The summed E-state index contributed by atoms with van der Waals surface area (Å²) in [7, 11) is 5.16. The standard InChI is InChI=1S/C17H16ClN3O2.ClH/c1-21(12-6-4-11(18)5-7-12)17-13-8-15(22-2)16(23-3)9-14(13)19-10-20-17;/h4-10H,1-3H3;1H. The molecule has 3 aromatic rings. The van der Waals surface area contributed by atoms with Crippen molar-refractivity contribution in [2.24, 2.45) is 0 Å². The number of fused-ring (bicyclic) bond motifs is 1. The quantitative estimate of drug-likeness (QED) is 0.681. The van der Waals surface area contributed by atoms with Crippen molar-refractivity contribution >= 4 is 46.4 Å². The summed E-state index contributed by atoms with van der Waals surface area (Å²) in [5, 5.41) is 1.57. The number of aromatic nitrogens is 2. The number of methoxy groups -OCH3 is 2. The molecule has 0 spiro atoms. The fraction of sp³-hybridized carbons (Fsp3) is 0.176. The third kappa shape index (κ3) is 3.32. The molecule has 0 saturated carbocycles. The Morgan fingerprint density at radius 2 is 1.58 bits per heavy atom. The summed E-state index contributed by atoms with van der Waals surface area (Å²) in [6, 6.07) is 11.3. The van der Waals surface area contributed by atoms with Crippen LogP contribution in [0.1, 0.15) is 0 Å². The van der Waals surface area contributed by atoms with Gasteiger partial charge in [-0.25, -0.2) is 9.97 Å². The lowest BCUT2D eigenvalue weighted by Crippen LogP contribution is -2.12. The Bertz CT molecular complexity index is 841. The van der Waals surface area contributed by atoms with E-state index in [-0.39, 0.29) is 12.4 Å². The Labute approximate surface area is 151 Å². The second-order valence-electron chi connectivity index (χ2n) is 4.96. The third-order valence-electron chi connectivity index (χ3n) is 3.65. The highest BCUT2D eigenvalue weighted by Crippen LogP contribution is 2.36. The highest BCUT2D eigenvalue weighted by Gasteiger charge is 2.14. The van der Waals surface area contributed by atoms with Gasteiger partial charge in [0.05, 0.1) is 19.7 Å². The van der Waals surface area contributed by atoms with Crippen LogP contribution in [0.2, 0.25) is 5.02 Å². The molecule has 0 atom stereocenters. The fourth-order valence-electron chi connectivity index (χ4n) is 2.42. The zero-order valence-electron chi connectivity index (χ0n) is 13.5. The Balaban J connectivity index is 0.00000208. The summed E-state index contributed by atoms with van der Waals surface area (Å²) in [4.78, 5) is 10.7. The highest BCUT2D eigenvalue weighted by atomic mass is 35.5. The number of hydrogen-bond acceptors (Lipinski definition) is 5. The summed E-state index contributed by atoms with van der Waals surface area (Å²) in [5.74, 6) is 2.05. The number of anilines is 2. The highest BCUT2D eigenvalue weighted by molar-refractivity contribution is 6.30. The Morgan fingerprint density at radius 1 is 0.958 bits per heavy atom. The van der Waals surface area contributed by atoms with Crippen molar-refractivity contribution in [3.63, 3.8) is 0 Å². The molecule has 0 N–H and O–H groups in total. The number of ether oxygens (including phenoxy) is 2. The lowest BCUT2D eigenvalue weighted by Gasteiger charge is -2.20. The minimum Gasteiger partial charge on any atom is -0.493 e. The molecule has 0 fully saturated rings. The van der Waals surface area contributed by atoms with Crippen LogP contribution in [-0.4, -0.2) is 31.2 Å². The van der Waals surface area contributed by atoms with Crippen LogP contribution in [-0.2, 0) is 0 Å². The first-order valence-electron chi connectivity index (χ1n) is 7.00. The maximum atomic E-state index is 5.96. The lowest BCUT2D eigenvalue weighted by atomic mass is 10.2. The summed E-state index contributed by atoms with van der Waals surface area (Å²) >= 11 is 5.96. The maximum absolute atomic E-state index is 5.96. The Hall–Kier alpha value is -2.24. The number of hydrogen-bond donors (Lipinski definition) is 0. The summed E-state index contributed by atoms with van der Waals surface area (Å²) in [5.41, 5.74) is 1.76. The van der Waals surface area contributed by atoms with E-state index in [1.807, 2.05) is 48.3 Å². The molecule has 3 rings (SSSR count). The largest absolute Gasteiger partial charge is 0.493 e. The van der Waals surface area contributed by atoms with Crippen LogP contribution < -0.4 is 14.4 Å². The topological polar surface area (TPSA) is 47.5 Å². The van der Waals surface area contributed by atoms with Crippen LogP contribution in [0, 0.1) is 0 Å². The molecule has 0 radical (unpaired) electrons. The molecule has 0 aliphatic heterocycles. The molecule has 0 aliphatic carbocycles. The minimum atomic E-state index is 0. The van der Waals surface area contributed by atoms with Crippen LogP contribution in [0.3, 0.4) is 0 Å². The molecule has 7 heteroatoms. The van der Waals surface area contributed by atoms with Gasteiger partial charge in [0.1, 0.15) is 12.1 Å². The van der Waals surface area contributed by atoms with Gasteiger partial charge in [0, 0.05) is 29.2 Å². The second kappa shape index (κ2) is 7.55. The molecule has 24 heavy (non-hydrogen) atoms. The predicted octanol–water partition coefficient (Wildman–Crippen LogP) is 4.49.